The van der Waals surface area contributed by atoms with Crippen LogP contribution in [0.3, 0.4) is 0 Å². The SMILES string of the molecule is COc1ccc2c(=O)oc3cc(O[C@@H]4O[C@H](CO)[C@@H](O)[C@H](O)[C@H]4O)cc(C(C)C)c3c2c1. The van der Waals surface area contributed by atoms with Crippen LogP contribution in [0, 0.1) is 0 Å². The van der Waals surface area contributed by atoms with Gasteiger partial charge < -0.3 is 39.1 Å². The van der Waals surface area contributed by atoms with E-state index in [-0.39, 0.29) is 17.3 Å². The van der Waals surface area contributed by atoms with Crippen molar-refractivity contribution in [3.8, 4) is 11.5 Å². The summed E-state index contributed by atoms with van der Waals surface area (Å²) >= 11 is 0. The van der Waals surface area contributed by atoms with Crippen molar-refractivity contribution in [2.24, 2.45) is 0 Å². The molecule has 0 amide bonds. The van der Waals surface area contributed by atoms with E-state index in [1.54, 1.807) is 31.4 Å². The molecule has 32 heavy (non-hydrogen) atoms. The molecule has 0 bridgehead atoms. The molecular formula is C23H26O9. The average Bonchev–Trinajstić information content (AvgIpc) is 2.78. The van der Waals surface area contributed by atoms with Gasteiger partial charge in [0, 0.05) is 16.8 Å². The second kappa shape index (κ2) is 8.68. The zero-order valence-corrected chi connectivity index (χ0v) is 17.9. The molecule has 9 nitrogen and oxygen atoms in total. The molecule has 0 unspecified atom stereocenters. The Morgan fingerprint density at radius 1 is 1.00 bits per heavy atom. The fourth-order valence-electron chi connectivity index (χ4n) is 3.99. The molecule has 0 radical (unpaired) electrons. The molecule has 0 spiro atoms. The van der Waals surface area contributed by atoms with Crippen molar-refractivity contribution < 1.29 is 39.1 Å². The van der Waals surface area contributed by atoms with Gasteiger partial charge in [-0.15, -0.1) is 0 Å². The second-order valence-corrected chi connectivity index (χ2v) is 8.16. The van der Waals surface area contributed by atoms with Gasteiger partial charge >= 0.3 is 5.63 Å². The Kier molecular flexibility index (Phi) is 6.11. The molecule has 9 heteroatoms. The Bertz CT molecular complexity index is 1180. The number of aliphatic hydroxyl groups is 4. The molecule has 1 aromatic heterocycles. The van der Waals surface area contributed by atoms with Crippen molar-refractivity contribution >= 4 is 21.7 Å². The van der Waals surface area contributed by atoms with Crippen LogP contribution in [0.25, 0.3) is 21.7 Å². The highest BCUT2D eigenvalue weighted by molar-refractivity contribution is 6.07. The third-order valence-corrected chi connectivity index (χ3v) is 5.75. The molecule has 1 saturated heterocycles. The van der Waals surface area contributed by atoms with Gasteiger partial charge in [0.2, 0.25) is 6.29 Å². The lowest BCUT2D eigenvalue weighted by Gasteiger charge is -2.39. The minimum Gasteiger partial charge on any atom is -0.497 e. The largest absolute Gasteiger partial charge is 0.497 e. The van der Waals surface area contributed by atoms with Gasteiger partial charge in [-0.25, -0.2) is 4.79 Å². The number of hydrogen-bond acceptors (Lipinski definition) is 9. The summed E-state index contributed by atoms with van der Waals surface area (Å²) in [6.45, 7) is 3.38. The van der Waals surface area contributed by atoms with E-state index in [0.29, 0.717) is 16.5 Å². The molecule has 2 aromatic carbocycles. The van der Waals surface area contributed by atoms with E-state index in [2.05, 4.69) is 0 Å². The van der Waals surface area contributed by atoms with Gasteiger partial charge in [-0.2, -0.15) is 0 Å². The van der Waals surface area contributed by atoms with Crippen LogP contribution in [0.15, 0.2) is 39.5 Å². The average molecular weight is 446 g/mol. The Labute approximate surface area is 183 Å². The molecular weight excluding hydrogens is 420 g/mol. The van der Waals surface area contributed by atoms with Gasteiger partial charge in [0.1, 0.15) is 41.5 Å². The fraction of sp³-hybridized carbons (Fsp3) is 0.435. The number of hydrogen-bond donors (Lipinski definition) is 4. The predicted octanol–water partition coefficient (Wildman–Crippen LogP) is 1.26. The summed E-state index contributed by atoms with van der Waals surface area (Å²) in [5.74, 6) is 0.842. The van der Waals surface area contributed by atoms with E-state index in [1.165, 1.54) is 6.07 Å². The molecule has 1 aliphatic rings. The van der Waals surface area contributed by atoms with E-state index in [9.17, 15) is 25.2 Å². The third-order valence-electron chi connectivity index (χ3n) is 5.75. The number of aliphatic hydroxyl groups excluding tert-OH is 4. The van der Waals surface area contributed by atoms with E-state index in [0.717, 1.165) is 10.9 Å². The lowest BCUT2D eigenvalue weighted by Crippen LogP contribution is -2.60. The summed E-state index contributed by atoms with van der Waals surface area (Å²) in [7, 11) is 1.55. The normalized spacial score (nSPS) is 26.1. The first kappa shape index (κ1) is 22.5. The zero-order chi connectivity index (χ0) is 23.2. The maximum absolute atomic E-state index is 12.6. The van der Waals surface area contributed by atoms with Gasteiger partial charge in [0.05, 0.1) is 19.1 Å². The molecule has 4 N–H and O–H groups in total. The van der Waals surface area contributed by atoms with E-state index in [1.807, 2.05) is 13.8 Å². The van der Waals surface area contributed by atoms with Crippen molar-refractivity contribution in [2.45, 2.75) is 50.5 Å². The topological polar surface area (TPSA) is 139 Å². The van der Waals surface area contributed by atoms with Gasteiger partial charge in [0.15, 0.2) is 0 Å². The number of fused-ring (bicyclic) bond motifs is 3. The van der Waals surface area contributed by atoms with Crippen molar-refractivity contribution in [3.05, 3.63) is 46.3 Å². The molecule has 3 aromatic rings. The Morgan fingerprint density at radius 2 is 1.75 bits per heavy atom. The molecule has 5 atom stereocenters. The van der Waals surface area contributed by atoms with Crippen LogP contribution in [-0.4, -0.2) is 64.8 Å². The first-order chi connectivity index (χ1) is 15.2. The van der Waals surface area contributed by atoms with E-state index in [4.69, 9.17) is 18.6 Å². The van der Waals surface area contributed by atoms with E-state index >= 15 is 0 Å². The Morgan fingerprint density at radius 3 is 2.41 bits per heavy atom. The minimum absolute atomic E-state index is 0.0120. The predicted molar refractivity (Wildman–Crippen MR) is 115 cm³/mol. The summed E-state index contributed by atoms with van der Waals surface area (Å²) in [6, 6.07) is 8.37. The van der Waals surface area contributed by atoms with Crippen LogP contribution in [0.2, 0.25) is 0 Å². The molecule has 2 heterocycles. The van der Waals surface area contributed by atoms with Gasteiger partial charge in [-0.05, 0) is 35.7 Å². The van der Waals surface area contributed by atoms with E-state index < -0.39 is 42.9 Å². The molecule has 0 saturated carbocycles. The third kappa shape index (κ3) is 3.82. The maximum atomic E-state index is 12.6. The van der Waals surface area contributed by atoms with Crippen LogP contribution in [0.5, 0.6) is 11.5 Å². The Balaban J connectivity index is 1.84. The molecule has 172 valence electrons. The lowest BCUT2D eigenvalue weighted by atomic mass is 9.94. The van der Waals surface area contributed by atoms with Crippen LogP contribution in [-0.2, 0) is 4.74 Å². The van der Waals surface area contributed by atoms with Crippen LogP contribution >= 0.6 is 0 Å². The minimum atomic E-state index is -1.56. The molecule has 0 aliphatic carbocycles. The van der Waals surface area contributed by atoms with Gasteiger partial charge in [0.25, 0.3) is 0 Å². The number of methoxy groups -OCH3 is 1. The van der Waals surface area contributed by atoms with Crippen molar-refractivity contribution in [1.82, 2.24) is 0 Å². The monoisotopic (exact) mass is 446 g/mol. The summed E-state index contributed by atoms with van der Waals surface area (Å²) in [5.41, 5.74) is 0.584. The van der Waals surface area contributed by atoms with Crippen molar-refractivity contribution in [2.75, 3.05) is 13.7 Å². The van der Waals surface area contributed by atoms with Crippen LogP contribution < -0.4 is 15.1 Å². The maximum Gasteiger partial charge on any atom is 0.344 e. The zero-order valence-electron chi connectivity index (χ0n) is 17.9. The number of benzene rings is 2. The standard InChI is InChI=1S/C23H26O9/c1-10(2)14-7-12(30-23-21(27)20(26)19(25)17(9-24)32-23)8-16-18(14)15-6-11(29-3)4-5-13(15)22(28)31-16/h4-8,10,17,19-21,23-27H,9H2,1-3H3/t17-,19-,20+,21-,23-/m1/s1. The molecule has 4 rings (SSSR count). The summed E-state index contributed by atoms with van der Waals surface area (Å²) < 4.78 is 22.1. The summed E-state index contributed by atoms with van der Waals surface area (Å²) in [5, 5.41) is 41.5. The smallest absolute Gasteiger partial charge is 0.344 e. The quantitative estimate of drug-likeness (QED) is 0.337. The highest BCUT2D eigenvalue weighted by atomic mass is 16.7. The highest BCUT2D eigenvalue weighted by Crippen LogP contribution is 2.36. The Hall–Kier alpha value is -2.69. The van der Waals surface area contributed by atoms with Crippen LogP contribution in [0.1, 0.15) is 25.3 Å². The molecule has 1 aliphatic heterocycles. The number of rotatable bonds is 5. The van der Waals surface area contributed by atoms with Crippen LogP contribution in [0.4, 0.5) is 0 Å². The summed E-state index contributed by atoms with van der Waals surface area (Å²) in [4.78, 5) is 12.6. The van der Waals surface area contributed by atoms with Crippen molar-refractivity contribution in [3.63, 3.8) is 0 Å². The second-order valence-electron chi connectivity index (χ2n) is 8.16. The van der Waals surface area contributed by atoms with Crippen molar-refractivity contribution in [1.29, 1.82) is 0 Å². The summed E-state index contributed by atoms with van der Waals surface area (Å²) in [6.07, 6.45) is -7.06. The first-order valence-electron chi connectivity index (χ1n) is 10.3. The van der Waals surface area contributed by atoms with Gasteiger partial charge in [-0.1, -0.05) is 13.8 Å². The molecule has 1 fully saturated rings. The lowest BCUT2D eigenvalue weighted by molar-refractivity contribution is -0.277. The number of ether oxygens (including phenoxy) is 3. The fourth-order valence-corrected chi connectivity index (χ4v) is 3.99. The first-order valence-corrected chi connectivity index (χ1v) is 10.3. The highest BCUT2D eigenvalue weighted by Gasteiger charge is 2.44. The van der Waals surface area contributed by atoms with Gasteiger partial charge in [-0.3, -0.25) is 0 Å².